The highest BCUT2D eigenvalue weighted by Gasteiger charge is 2.06. The van der Waals surface area contributed by atoms with Crippen molar-refractivity contribution in [3.05, 3.63) is 29.8 Å². The van der Waals surface area contributed by atoms with Gasteiger partial charge in [0.2, 0.25) is 0 Å². The Bertz CT molecular complexity index is 500. The van der Waals surface area contributed by atoms with Crippen molar-refractivity contribution in [2.75, 3.05) is 40.3 Å². The van der Waals surface area contributed by atoms with E-state index in [0.29, 0.717) is 6.04 Å². The molecule has 0 saturated heterocycles. The molecule has 0 aliphatic heterocycles. The van der Waals surface area contributed by atoms with Gasteiger partial charge in [-0.1, -0.05) is 26.0 Å². The summed E-state index contributed by atoms with van der Waals surface area (Å²) in [5, 5.41) is 6.88. The van der Waals surface area contributed by atoms with Crippen molar-refractivity contribution in [1.82, 2.24) is 15.5 Å². The Morgan fingerprint density at radius 3 is 2.68 bits per heavy atom. The Morgan fingerprint density at radius 2 is 2.04 bits per heavy atom. The summed E-state index contributed by atoms with van der Waals surface area (Å²) in [5.74, 6) is 1.78. The molecule has 5 nitrogen and oxygen atoms in total. The minimum absolute atomic E-state index is 0.415. The summed E-state index contributed by atoms with van der Waals surface area (Å²) in [7, 11) is 3.52. The first-order chi connectivity index (χ1) is 12.1. The van der Waals surface area contributed by atoms with E-state index >= 15 is 0 Å². The molecule has 0 aromatic heterocycles. The lowest BCUT2D eigenvalue weighted by atomic mass is 10.1. The second-order valence-electron chi connectivity index (χ2n) is 6.32. The van der Waals surface area contributed by atoms with Crippen molar-refractivity contribution in [2.45, 2.75) is 46.1 Å². The largest absolute Gasteiger partial charge is 0.497 e. The Hall–Kier alpha value is -1.75. The van der Waals surface area contributed by atoms with Gasteiger partial charge in [-0.3, -0.25) is 4.99 Å². The fourth-order valence-electron chi connectivity index (χ4n) is 2.81. The van der Waals surface area contributed by atoms with Gasteiger partial charge in [0, 0.05) is 19.6 Å². The average molecular weight is 349 g/mol. The van der Waals surface area contributed by atoms with Crippen LogP contribution in [-0.4, -0.2) is 57.2 Å². The molecule has 1 aromatic rings. The first kappa shape index (κ1) is 21.3. The van der Waals surface area contributed by atoms with Crippen LogP contribution in [0.1, 0.15) is 39.2 Å². The topological polar surface area (TPSA) is 48.9 Å². The van der Waals surface area contributed by atoms with Crippen molar-refractivity contribution in [3.8, 4) is 5.75 Å². The summed E-state index contributed by atoms with van der Waals surface area (Å²) >= 11 is 0. The molecule has 0 amide bonds. The molecular weight excluding hydrogens is 312 g/mol. The zero-order valence-corrected chi connectivity index (χ0v) is 16.6. The maximum Gasteiger partial charge on any atom is 0.191 e. The minimum atomic E-state index is 0.415. The summed E-state index contributed by atoms with van der Waals surface area (Å²) < 4.78 is 5.27. The van der Waals surface area contributed by atoms with E-state index in [-0.39, 0.29) is 0 Å². The predicted octanol–water partition coefficient (Wildman–Crippen LogP) is 2.91. The highest BCUT2D eigenvalue weighted by atomic mass is 16.5. The van der Waals surface area contributed by atoms with Gasteiger partial charge in [0.15, 0.2) is 5.96 Å². The quantitative estimate of drug-likeness (QED) is 0.477. The van der Waals surface area contributed by atoms with Gasteiger partial charge in [-0.05, 0) is 63.5 Å². The smallest absolute Gasteiger partial charge is 0.191 e. The van der Waals surface area contributed by atoms with Crippen LogP contribution in [0.4, 0.5) is 0 Å². The lowest BCUT2D eigenvalue weighted by molar-refractivity contribution is 0.292. The van der Waals surface area contributed by atoms with E-state index in [2.05, 4.69) is 53.4 Å². The number of ether oxygens (including phenoxy) is 1. The third-order valence-corrected chi connectivity index (χ3v) is 4.45. The van der Waals surface area contributed by atoms with Gasteiger partial charge in [-0.25, -0.2) is 0 Å². The molecule has 0 aliphatic rings. The second-order valence-corrected chi connectivity index (χ2v) is 6.32. The zero-order valence-electron chi connectivity index (χ0n) is 16.6. The Kier molecular flexibility index (Phi) is 10.7. The lowest BCUT2D eigenvalue weighted by Crippen LogP contribution is -2.43. The third-order valence-electron chi connectivity index (χ3n) is 4.45. The van der Waals surface area contributed by atoms with Crippen molar-refractivity contribution in [3.63, 3.8) is 0 Å². The SMILES string of the molecule is CCN(CC)CCCC(C)NC(=NC)NCCc1cccc(OC)c1. The molecular formula is C20H36N4O. The number of methoxy groups -OCH3 is 1. The number of guanidine groups is 1. The van der Waals surface area contributed by atoms with Gasteiger partial charge in [-0.2, -0.15) is 0 Å². The summed E-state index contributed by atoms with van der Waals surface area (Å²) in [4.78, 5) is 6.79. The highest BCUT2D eigenvalue weighted by Crippen LogP contribution is 2.12. The molecule has 1 rings (SSSR count). The van der Waals surface area contributed by atoms with Crippen molar-refractivity contribution in [1.29, 1.82) is 0 Å². The zero-order chi connectivity index (χ0) is 18.5. The molecule has 5 heteroatoms. The molecule has 1 atom stereocenters. The number of benzene rings is 1. The van der Waals surface area contributed by atoms with Crippen molar-refractivity contribution < 1.29 is 4.74 Å². The maximum absolute atomic E-state index is 5.27. The van der Waals surface area contributed by atoms with Crippen LogP contribution in [0.3, 0.4) is 0 Å². The van der Waals surface area contributed by atoms with E-state index in [1.807, 2.05) is 19.2 Å². The molecule has 0 bridgehead atoms. The van der Waals surface area contributed by atoms with Crippen LogP contribution in [-0.2, 0) is 6.42 Å². The number of nitrogens with zero attached hydrogens (tertiary/aromatic N) is 2. The first-order valence-corrected chi connectivity index (χ1v) is 9.45. The number of rotatable bonds is 11. The Labute approximate surface area is 153 Å². The molecule has 0 fully saturated rings. The molecule has 1 aromatic carbocycles. The van der Waals surface area contributed by atoms with Gasteiger partial charge in [0.1, 0.15) is 5.75 Å². The minimum Gasteiger partial charge on any atom is -0.497 e. The Balaban J connectivity index is 2.29. The van der Waals surface area contributed by atoms with E-state index in [1.165, 1.54) is 18.5 Å². The van der Waals surface area contributed by atoms with E-state index in [0.717, 1.165) is 44.2 Å². The predicted molar refractivity (Wildman–Crippen MR) is 108 cm³/mol. The third kappa shape index (κ3) is 8.77. The molecule has 0 aliphatic carbocycles. The molecule has 0 spiro atoms. The normalized spacial score (nSPS) is 13.0. The summed E-state index contributed by atoms with van der Waals surface area (Å²) in [6, 6.07) is 8.61. The summed E-state index contributed by atoms with van der Waals surface area (Å²) in [5.41, 5.74) is 1.26. The maximum atomic E-state index is 5.27. The molecule has 0 saturated carbocycles. The number of aliphatic imine (C=N–C) groups is 1. The number of hydrogen-bond acceptors (Lipinski definition) is 3. The molecule has 25 heavy (non-hydrogen) atoms. The van der Waals surface area contributed by atoms with Crippen LogP contribution in [0.5, 0.6) is 5.75 Å². The van der Waals surface area contributed by atoms with E-state index in [4.69, 9.17) is 4.74 Å². The van der Waals surface area contributed by atoms with Crippen LogP contribution >= 0.6 is 0 Å². The van der Waals surface area contributed by atoms with Crippen LogP contribution < -0.4 is 15.4 Å². The molecule has 0 heterocycles. The van der Waals surface area contributed by atoms with Crippen LogP contribution in [0, 0.1) is 0 Å². The van der Waals surface area contributed by atoms with Crippen LogP contribution in [0.25, 0.3) is 0 Å². The van der Waals surface area contributed by atoms with Gasteiger partial charge in [0.05, 0.1) is 7.11 Å². The molecule has 2 N–H and O–H groups in total. The average Bonchev–Trinajstić information content (AvgIpc) is 2.64. The van der Waals surface area contributed by atoms with Crippen molar-refractivity contribution >= 4 is 5.96 Å². The molecule has 0 radical (unpaired) electrons. The van der Waals surface area contributed by atoms with Crippen LogP contribution in [0.15, 0.2) is 29.3 Å². The highest BCUT2D eigenvalue weighted by molar-refractivity contribution is 5.79. The Morgan fingerprint density at radius 1 is 1.28 bits per heavy atom. The van der Waals surface area contributed by atoms with E-state index in [9.17, 15) is 0 Å². The number of hydrogen-bond donors (Lipinski definition) is 2. The van der Waals surface area contributed by atoms with Crippen LogP contribution in [0.2, 0.25) is 0 Å². The van der Waals surface area contributed by atoms with Gasteiger partial charge < -0.3 is 20.3 Å². The van der Waals surface area contributed by atoms with Gasteiger partial charge >= 0.3 is 0 Å². The first-order valence-electron chi connectivity index (χ1n) is 9.45. The van der Waals surface area contributed by atoms with Gasteiger partial charge in [-0.15, -0.1) is 0 Å². The summed E-state index contributed by atoms with van der Waals surface area (Å²) in [6.45, 7) is 10.9. The standard InChI is InChI=1S/C20H36N4O/c1-6-24(7-2)15-9-10-17(3)23-20(21-4)22-14-13-18-11-8-12-19(16-18)25-5/h8,11-12,16-17H,6-7,9-10,13-15H2,1-5H3,(H2,21,22,23). The fraction of sp³-hybridized carbons (Fsp3) is 0.650. The fourth-order valence-corrected chi connectivity index (χ4v) is 2.81. The van der Waals surface area contributed by atoms with Crippen molar-refractivity contribution in [2.24, 2.45) is 4.99 Å². The summed E-state index contributed by atoms with van der Waals surface area (Å²) in [6.07, 6.45) is 3.29. The van der Waals surface area contributed by atoms with Gasteiger partial charge in [0.25, 0.3) is 0 Å². The lowest BCUT2D eigenvalue weighted by Gasteiger charge is -2.21. The van der Waals surface area contributed by atoms with E-state index < -0.39 is 0 Å². The molecule has 142 valence electrons. The monoisotopic (exact) mass is 348 g/mol. The number of nitrogens with one attached hydrogen (secondary N) is 2. The second kappa shape index (κ2) is 12.6. The molecule has 1 unspecified atom stereocenters. The van der Waals surface area contributed by atoms with E-state index in [1.54, 1.807) is 7.11 Å².